The van der Waals surface area contributed by atoms with Crippen molar-refractivity contribution in [3.63, 3.8) is 0 Å². The highest BCUT2D eigenvalue weighted by molar-refractivity contribution is 6.01. The fourth-order valence-electron chi connectivity index (χ4n) is 3.93. The van der Waals surface area contributed by atoms with Crippen LogP contribution in [0.4, 0.5) is 5.69 Å². The van der Waals surface area contributed by atoms with Crippen LogP contribution in [0.15, 0.2) is 42.5 Å². The van der Waals surface area contributed by atoms with Crippen LogP contribution in [0.2, 0.25) is 0 Å². The predicted octanol–water partition coefficient (Wildman–Crippen LogP) is 3.51. The molecule has 1 N–H and O–H groups in total. The molecule has 1 heterocycles. The highest BCUT2D eigenvalue weighted by atomic mass is 16.5. The summed E-state index contributed by atoms with van der Waals surface area (Å²) in [5, 5.41) is 3.00. The maximum atomic E-state index is 12.7. The van der Waals surface area contributed by atoms with Crippen molar-refractivity contribution in [2.45, 2.75) is 40.3 Å². The largest absolute Gasteiger partial charge is 0.495 e. The summed E-state index contributed by atoms with van der Waals surface area (Å²) in [6.45, 7) is 10.1. The molecule has 0 saturated carbocycles. The van der Waals surface area contributed by atoms with E-state index in [0.29, 0.717) is 18.8 Å². The van der Waals surface area contributed by atoms with Crippen molar-refractivity contribution >= 4 is 17.5 Å². The van der Waals surface area contributed by atoms with E-state index in [2.05, 4.69) is 48.3 Å². The standard InChI is InChI=1S/C25H33N3O3/c1-5-27(6-2)16-20-10-8-19(9-11-20)15-26-25(30)21-14-24(29)28(17-21)22-13-18(3)7-12-23(22)31-4/h7-13,21H,5-6,14-17H2,1-4H3,(H,26,30). The van der Waals surface area contributed by atoms with Crippen molar-refractivity contribution in [2.24, 2.45) is 5.92 Å². The second-order valence-electron chi connectivity index (χ2n) is 8.08. The Morgan fingerprint density at radius 1 is 1.13 bits per heavy atom. The van der Waals surface area contributed by atoms with Crippen molar-refractivity contribution in [1.29, 1.82) is 0 Å². The van der Waals surface area contributed by atoms with E-state index in [1.54, 1.807) is 12.0 Å². The topological polar surface area (TPSA) is 61.9 Å². The summed E-state index contributed by atoms with van der Waals surface area (Å²) in [5.74, 6) is 0.143. The summed E-state index contributed by atoms with van der Waals surface area (Å²) in [7, 11) is 1.59. The van der Waals surface area contributed by atoms with Gasteiger partial charge in [0.25, 0.3) is 0 Å². The number of benzene rings is 2. The summed E-state index contributed by atoms with van der Waals surface area (Å²) in [6.07, 6.45) is 0.214. The van der Waals surface area contributed by atoms with E-state index < -0.39 is 0 Å². The van der Waals surface area contributed by atoms with Crippen LogP contribution >= 0.6 is 0 Å². The zero-order valence-corrected chi connectivity index (χ0v) is 19.0. The average Bonchev–Trinajstić information content (AvgIpc) is 3.18. The number of anilines is 1. The van der Waals surface area contributed by atoms with E-state index in [1.807, 2.05) is 25.1 Å². The van der Waals surface area contributed by atoms with Gasteiger partial charge >= 0.3 is 0 Å². The van der Waals surface area contributed by atoms with Crippen LogP contribution in [-0.2, 0) is 22.7 Å². The van der Waals surface area contributed by atoms with Crippen LogP contribution in [0.3, 0.4) is 0 Å². The van der Waals surface area contributed by atoms with Crippen LogP contribution in [0.1, 0.15) is 37.0 Å². The van der Waals surface area contributed by atoms with Gasteiger partial charge in [-0.1, -0.05) is 44.2 Å². The number of ether oxygens (including phenoxy) is 1. The molecule has 2 amide bonds. The maximum absolute atomic E-state index is 12.7. The van der Waals surface area contributed by atoms with Gasteiger partial charge in [0.05, 0.1) is 18.7 Å². The lowest BCUT2D eigenvalue weighted by molar-refractivity contribution is -0.126. The first kappa shape index (κ1) is 22.8. The number of rotatable bonds is 9. The number of nitrogens with zero attached hydrogens (tertiary/aromatic N) is 2. The summed E-state index contributed by atoms with van der Waals surface area (Å²) in [5.41, 5.74) is 4.09. The van der Waals surface area contributed by atoms with Gasteiger partial charge in [-0.15, -0.1) is 0 Å². The molecule has 0 spiro atoms. The molecule has 1 unspecified atom stereocenters. The van der Waals surface area contributed by atoms with Crippen molar-refractivity contribution < 1.29 is 14.3 Å². The fourth-order valence-corrected chi connectivity index (χ4v) is 3.93. The van der Waals surface area contributed by atoms with Gasteiger partial charge in [0.2, 0.25) is 11.8 Å². The van der Waals surface area contributed by atoms with Crippen LogP contribution in [-0.4, -0.2) is 43.5 Å². The molecule has 31 heavy (non-hydrogen) atoms. The number of nitrogens with one attached hydrogen (secondary N) is 1. The number of methoxy groups -OCH3 is 1. The van der Waals surface area contributed by atoms with E-state index in [9.17, 15) is 9.59 Å². The quantitative estimate of drug-likeness (QED) is 0.670. The van der Waals surface area contributed by atoms with Gasteiger partial charge in [0.1, 0.15) is 5.75 Å². The molecule has 6 heteroatoms. The Balaban J connectivity index is 1.57. The van der Waals surface area contributed by atoms with Crippen LogP contribution < -0.4 is 15.0 Å². The van der Waals surface area contributed by atoms with Gasteiger partial charge in [-0.25, -0.2) is 0 Å². The molecule has 0 aliphatic carbocycles. The number of hydrogen-bond acceptors (Lipinski definition) is 4. The van der Waals surface area contributed by atoms with Crippen molar-refractivity contribution in [2.75, 3.05) is 31.6 Å². The molecule has 1 aliphatic heterocycles. The van der Waals surface area contributed by atoms with Crippen molar-refractivity contribution in [3.05, 3.63) is 59.2 Å². The van der Waals surface area contributed by atoms with Gasteiger partial charge in [0.15, 0.2) is 0 Å². The Morgan fingerprint density at radius 3 is 2.45 bits per heavy atom. The van der Waals surface area contributed by atoms with Crippen LogP contribution in [0.5, 0.6) is 5.75 Å². The van der Waals surface area contributed by atoms with Gasteiger partial charge in [-0.05, 0) is 48.8 Å². The van der Waals surface area contributed by atoms with E-state index in [0.717, 1.165) is 36.4 Å². The second kappa shape index (κ2) is 10.4. The lowest BCUT2D eigenvalue weighted by atomic mass is 10.1. The first-order valence-electron chi connectivity index (χ1n) is 11.0. The van der Waals surface area contributed by atoms with Crippen LogP contribution in [0.25, 0.3) is 0 Å². The van der Waals surface area contributed by atoms with E-state index in [4.69, 9.17) is 4.74 Å². The monoisotopic (exact) mass is 423 g/mol. The first-order chi connectivity index (χ1) is 14.9. The molecule has 6 nitrogen and oxygen atoms in total. The predicted molar refractivity (Wildman–Crippen MR) is 123 cm³/mol. The Labute approximate surface area is 185 Å². The van der Waals surface area contributed by atoms with Crippen LogP contribution in [0, 0.1) is 12.8 Å². The minimum absolute atomic E-state index is 0.0511. The first-order valence-corrected chi connectivity index (χ1v) is 11.0. The molecule has 1 atom stereocenters. The van der Waals surface area contributed by atoms with Crippen molar-refractivity contribution in [3.8, 4) is 5.75 Å². The number of aryl methyl sites for hydroxylation is 1. The maximum Gasteiger partial charge on any atom is 0.227 e. The third-order valence-electron chi connectivity index (χ3n) is 5.91. The molecule has 2 aromatic rings. The molecule has 1 saturated heterocycles. The number of carbonyl (C=O) groups is 2. The number of amides is 2. The molecule has 1 fully saturated rings. The van der Waals surface area contributed by atoms with Gasteiger partial charge < -0.3 is 15.0 Å². The smallest absolute Gasteiger partial charge is 0.227 e. The molecule has 0 bridgehead atoms. The molecule has 166 valence electrons. The summed E-state index contributed by atoms with van der Waals surface area (Å²) >= 11 is 0. The molecular weight excluding hydrogens is 390 g/mol. The third kappa shape index (κ3) is 5.64. The Morgan fingerprint density at radius 2 is 1.81 bits per heavy atom. The lowest BCUT2D eigenvalue weighted by Crippen LogP contribution is -2.32. The van der Waals surface area contributed by atoms with Gasteiger partial charge in [-0.2, -0.15) is 0 Å². The SMILES string of the molecule is CCN(CC)Cc1ccc(CNC(=O)C2CC(=O)N(c3cc(C)ccc3OC)C2)cc1. The van der Waals surface area contributed by atoms with E-state index >= 15 is 0 Å². The summed E-state index contributed by atoms with van der Waals surface area (Å²) < 4.78 is 5.41. The molecule has 1 aliphatic rings. The summed E-state index contributed by atoms with van der Waals surface area (Å²) in [4.78, 5) is 29.4. The zero-order chi connectivity index (χ0) is 22.4. The highest BCUT2D eigenvalue weighted by Crippen LogP contribution is 2.33. The Bertz CT molecular complexity index is 907. The normalized spacial score (nSPS) is 16.1. The molecule has 0 aromatic heterocycles. The zero-order valence-electron chi connectivity index (χ0n) is 19.0. The van der Waals surface area contributed by atoms with E-state index in [-0.39, 0.29) is 24.2 Å². The van der Waals surface area contributed by atoms with E-state index in [1.165, 1.54) is 5.56 Å². The molecule has 3 rings (SSSR count). The Hall–Kier alpha value is -2.86. The average molecular weight is 424 g/mol. The number of carbonyl (C=O) groups excluding carboxylic acids is 2. The molecule has 0 radical (unpaired) electrons. The fraction of sp³-hybridized carbons (Fsp3) is 0.440. The second-order valence-corrected chi connectivity index (χ2v) is 8.08. The lowest BCUT2D eigenvalue weighted by Gasteiger charge is -2.20. The highest BCUT2D eigenvalue weighted by Gasteiger charge is 2.36. The summed E-state index contributed by atoms with van der Waals surface area (Å²) in [6, 6.07) is 14.1. The minimum atomic E-state index is -0.361. The third-order valence-corrected chi connectivity index (χ3v) is 5.91. The molecular formula is C25H33N3O3. The number of hydrogen-bond donors (Lipinski definition) is 1. The van der Waals surface area contributed by atoms with Gasteiger partial charge in [0, 0.05) is 26.1 Å². The molecule has 2 aromatic carbocycles. The van der Waals surface area contributed by atoms with Gasteiger partial charge in [-0.3, -0.25) is 14.5 Å². The minimum Gasteiger partial charge on any atom is -0.495 e. The Kier molecular flexibility index (Phi) is 7.69. The van der Waals surface area contributed by atoms with Crippen molar-refractivity contribution in [1.82, 2.24) is 10.2 Å².